The largest absolute Gasteiger partial charge is 0.380 e. The molecular weight excluding hydrogens is 188 g/mol. The topological polar surface area (TPSA) is 38.5 Å². The Balaban J connectivity index is 2.09. The van der Waals surface area contributed by atoms with Crippen molar-refractivity contribution in [2.45, 2.75) is 38.1 Å². The highest BCUT2D eigenvalue weighted by atomic mass is 16.5. The van der Waals surface area contributed by atoms with Crippen LogP contribution in [0.3, 0.4) is 0 Å². The van der Waals surface area contributed by atoms with Crippen molar-refractivity contribution in [1.29, 1.82) is 0 Å². The zero-order chi connectivity index (χ0) is 10.7. The maximum atomic E-state index is 6.06. The number of hydrogen-bond donors (Lipinski definition) is 1. The van der Waals surface area contributed by atoms with Gasteiger partial charge in [0.15, 0.2) is 0 Å². The standard InChI is InChI=1S/C12H24N2O/c1-11-4-2-5-12(11,10-13)14-6-3-8-15-9-7-14/h11H,2-10,13H2,1H3. The van der Waals surface area contributed by atoms with Crippen LogP contribution >= 0.6 is 0 Å². The first-order valence-corrected chi connectivity index (χ1v) is 6.32. The van der Waals surface area contributed by atoms with E-state index in [1.807, 2.05) is 0 Å². The van der Waals surface area contributed by atoms with Gasteiger partial charge in [-0.25, -0.2) is 0 Å². The first-order chi connectivity index (χ1) is 7.29. The molecule has 2 rings (SSSR count). The Morgan fingerprint density at radius 2 is 2.20 bits per heavy atom. The summed E-state index contributed by atoms with van der Waals surface area (Å²) in [6, 6.07) is 0. The van der Waals surface area contributed by atoms with Crippen LogP contribution in [0, 0.1) is 5.92 Å². The van der Waals surface area contributed by atoms with Crippen LogP contribution in [0.25, 0.3) is 0 Å². The molecule has 1 saturated carbocycles. The molecule has 0 bridgehead atoms. The maximum absolute atomic E-state index is 6.06. The van der Waals surface area contributed by atoms with Gasteiger partial charge >= 0.3 is 0 Å². The Morgan fingerprint density at radius 3 is 2.87 bits per heavy atom. The smallest absolute Gasteiger partial charge is 0.0593 e. The van der Waals surface area contributed by atoms with E-state index < -0.39 is 0 Å². The third-order valence-electron chi connectivity index (χ3n) is 4.37. The van der Waals surface area contributed by atoms with E-state index in [4.69, 9.17) is 10.5 Å². The number of nitrogens with two attached hydrogens (primary N) is 1. The van der Waals surface area contributed by atoms with Crippen LogP contribution < -0.4 is 5.73 Å². The molecule has 0 aromatic carbocycles. The highest BCUT2D eigenvalue weighted by Gasteiger charge is 2.43. The Labute approximate surface area is 93.0 Å². The molecule has 3 heteroatoms. The molecule has 0 aromatic heterocycles. The minimum absolute atomic E-state index is 0.285. The summed E-state index contributed by atoms with van der Waals surface area (Å²) >= 11 is 0. The molecule has 1 heterocycles. The van der Waals surface area contributed by atoms with E-state index in [0.717, 1.165) is 38.6 Å². The molecule has 2 aliphatic rings. The van der Waals surface area contributed by atoms with Crippen LogP contribution in [0.15, 0.2) is 0 Å². The Hall–Kier alpha value is -0.120. The summed E-state index contributed by atoms with van der Waals surface area (Å²) in [5.41, 5.74) is 6.34. The third-order valence-corrected chi connectivity index (χ3v) is 4.37. The minimum Gasteiger partial charge on any atom is -0.380 e. The predicted molar refractivity (Wildman–Crippen MR) is 61.8 cm³/mol. The van der Waals surface area contributed by atoms with Crippen molar-refractivity contribution in [2.24, 2.45) is 11.7 Å². The van der Waals surface area contributed by atoms with Crippen LogP contribution in [0.4, 0.5) is 0 Å². The van der Waals surface area contributed by atoms with Gasteiger partial charge in [-0.2, -0.15) is 0 Å². The van der Waals surface area contributed by atoms with Crippen molar-refractivity contribution >= 4 is 0 Å². The van der Waals surface area contributed by atoms with Gasteiger partial charge in [-0.15, -0.1) is 0 Å². The number of hydrogen-bond acceptors (Lipinski definition) is 3. The molecule has 0 amide bonds. The number of nitrogens with zero attached hydrogens (tertiary/aromatic N) is 1. The van der Waals surface area contributed by atoms with E-state index in [-0.39, 0.29) is 5.54 Å². The average molecular weight is 212 g/mol. The van der Waals surface area contributed by atoms with E-state index in [1.54, 1.807) is 0 Å². The summed E-state index contributed by atoms with van der Waals surface area (Å²) < 4.78 is 5.53. The van der Waals surface area contributed by atoms with E-state index in [2.05, 4.69) is 11.8 Å². The molecule has 88 valence electrons. The first-order valence-electron chi connectivity index (χ1n) is 6.32. The fraction of sp³-hybridized carbons (Fsp3) is 1.00. The van der Waals surface area contributed by atoms with Crippen LogP contribution in [0.5, 0.6) is 0 Å². The van der Waals surface area contributed by atoms with Crippen LogP contribution in [0.1, 0.15) is 32.6 Å². The van der Waals surface area contributed by atoms with Gasteiger partial charge in [-0.1, -0.05) is 13.3 Å². The fourth-order valence-corrected chi connectivity index (χ4v) is 3.32. The van der Waals surface area contributed by atoms with Crippen LogP contribution in [-0.4, -0.2) is 43.3 Å². The summed E-state index contributed by atoms with van der Waals surface area (Å²) in [6.07, 6.45) is 5.13. The molecule has 1 aliphatic heterocycles. The molecule has 2 fully saturated rings. The molecule has 0 spiro atoms. The summed E-state index contributed by atoms with van der Waals surface area (Å²) in [4.78, 5) is 2.61. The lowest BCUT2D eigenvalue weighted by Gasteiger charge is -2.43. The van der Waals surface area contributed by atoms with Crippen molar-refractivity contribution in [1.82, 2.24) is 4.90 Å². The Morgan fingerprint density at radius 1 is 1.33 bits per heavy atom. The lowest BCUT2D eigenvalue weighted by atomic mass is 9.86. The van der Waals surface area contributed by atoms with Crippen molar-refractivity contribution < 1.29 is 4.74 Å². The second kappa shape index (κ2) is 4.81. The molecule has 2 N–H and O–H groups in total. The molecule has 0 radical (unpaired) electrons. The van der Waals surface area contributed by atoms with Gasteiger partial charge in [0.2, 0.25) is 0 Å². The van der Waals surface area contributed by atoms with Crippen molar-refractivity contribution in [3.05, 3.63) is 0 Å². The molecule has 3 nitrogen and oxygen atoms in total. The lowest BCUT2D eigenvalue weighted by Crippen LogP contribution is -2.56. The van der Waals surface area contributed by atoms with E-state index in [1.165, 1.54) is 25.8 Å². The highest BCUT2D eigenvalue weighted by molar-refractivity contribution is 5.00. The van der Waals surface area contributed by atoms with Gasteiger partial charge in [0.1, 0.15) is 0 Å². The van der Waals surface area contributed by atoms with Gasteiger partial charge in [-0.3, -0.25) is 4.90 Å². The molecule has 1 saturated heterocycles. The second-order valence-electron chi connectivity index (χ2n) is 5.05. The van der Waals surface area contributed by atoms with Crippen LogP contribution in [-0.2, 0) is 4.74 Å². The van der Waals surface area contributed by atoms with Gasteiger partial charge in [0.25, 0.3) is 0 Å². The number of ether oxygens (including phenoxy) is 1. The van der Waals surface area contributed by atoms with E-state index >= 15 is 0 Å². The maximum Gasteiger partial charge on any atom is 0.0593 e. The normalized spacial score (nSPS) is 39.2. The predicted octanol–water partition coefficient (Wildman–Crippen LogP) is 1.23. The summed E-state index contributed by atoms with van der Waals surface area (Å²) in [5.74, 6) is 0.751. The summed E-state index contributed by atoms with van der Waals surface area (Å²) in [5, 5.41) is 0. The lowest BCUT2D eigenvalue weighted by molar-refractivity contribution is 0.0577. The summed E-state index contributed by atoms with van der Waals surface area (Å²) in [6.45, 7) is 7.23. The van der Waals surface area contributed by atoms with Crippen molar-refractivity contribution in [3.63, 3.8) is 0 Å². The van der Waals surface area contributed by atoms with Crippen molar-refractivity contribution in [3.8, 4) is 0 Å². The molecule has 15 heavy (non-hydrogen) atoms. The second-order valence-corrected chi connectivity index (χ2v) is 5.05. The average Bonchev–Trinajstić information content (AvgIpc) is 2.49. The molecular formula is C12H24N2O. The zero-order valence-electron chi connectivity index (χ0n) is 9.87. The zero-order valence-corrected chi connectivity index (χ0v) is 9.87. The molecule has 2 unspecified atom stereocenters. The minimum atomic E-state index is 0.285. The summed E-state index contributed by atoms with van der Waals surface area (Å²) in [7, 11) is 0. The Kier molecular flexibility index (Phi) is 3.65. The SMILES string of the molecule is CC1CCCC1(CN)N1CCCOCC1. The monoisotopic (exact) mass is 212 g/mol. The Bertz CT molecular complexity index is 202. The van der Waals surface area contributed by atoms with E-state index in [9.17, 15) is 0 Å². The first kappa shape index (κ1) is 11.4. The molecule has 0 aromatic rings. The fourth-order valence-electron chi connectivity index (χ4n) is 3.32. The van der Waals surface area contributed by atoms with E-state index in [0.29, 0.717) is 0 Å². The number of rotatable bonds is 2. The quantitative estimate of drug-likeness (QED) is 0.748. The van der Waals surface area contributed by atoms with Crippen LogP contribution in [0.2, 0.25) is 0 Å². The third kappa shape index (κ3) is 2.05. The van der Waals surface area contributed by atoms with Gasteiger partial charge in [0.05, 0.1) is 6.61 Å². The van der Waals surface area contributed by atoms with Gasteiger partial charge < -0.3 is 10.5 Å². The van der Waals surface area contributed by atoms with Crippen molar-refractivity contribution in [2.75, 3.05) is 32.8 Å². The molecule has 2 atom stereocenters. The van der Waals surface area contributed by atoms with Gasteiger partial charge in [0, 0.05) is 31.8 Å². The van der Waals surface area contributed by atoms with Gasteiger partial charge in [-0.05, 0) is 25.2 Å². The highest BCUT2D eigenvalue weighted by Crippen LogP contribution is 2.39. The molecule has 1 aliphatic carbocycles.